The molecule has 0 amide bonds. The fourth-order valence-corrected chi connectivity index (χ4v) is 0.255. The van der Waals surface area contributed by atoms with Crippen molar-refractivity contribution in [2.75, 3.05) is 13.7 Å². The second-order valence-electron chi connectivity index (χ2n) is 2.20. The highest BCUT2D eigenvalue weighted by atomic mass is 19.4. The van der Waals surface area contributed by atoms with Crippen molar-refractivity contribution < 1.29 is 28.1 Å². The van der Waals surface area contributed by atoms with Crippen LogP contribution in [0.15, 0.2) is 0 Å². The molecule has 0 rings (SSSR count). The number of aliphatic hydroxyl groups is 1. The fraction of sp³-hybridized carbons (Fsp3) is 1.00. The number of rotatable bonds is 3. The zero-order valence-corrected chi connectivity index (χ0v) is 6.10. The molecule has 1 unspecified atom stereocenters. The van der Waals surface area contributed by atoms with Crippen LogP contribution < -0.4 is 0 Å². The second-order valence-corrected chi connectivity index (χ2v) is 2.20. The molecule has 0 aromatic carbocycles. The first-order valence-corrected chi connectivity index (χ1v) is 2.76. The summed E-state index contributed by atoms with van der Waals surface area (Å²) in [6.07, 6.45) is -4.70. The summed E-state index contributed by atoms with van der Waals surface area (Å²) in [7, 11) is 1.06. The third-order valence-electron chi connectivity index (χ3n) is 1.07. The van der Waals surface area contributed by atoms with Gasteiger partial charge in [-0.3, -0.25) is 0 Å². The Morgan fingerprint density at radius 1 is 1.36 bits per heavy atom. The SMILES string of the molecule is COOCC(C)(O)C(F)(F)F. The minimum Gasteiger partial charge on any atom is -0.379 e. The average molecular weight is 174 g/mol. The molecule has 3 nitrogen and oxygen atoms in total. The van der Waals surface area contributed by atoms with Gasteiger partial charge in [0.2, 0.25) is 0 Å². The van der Waals surface area contributed by atoms with Gasteiger partial charge in [0.05, 0.1) is 7.11 Å². The van der Waals surface area contributed by atoms with Crippen LogP contribution in [0.1, 0.15) is 6.92 Å². The van der Waals surface area contributed by atoms with Gasteiger partial charge in [-0.25, -0.2) is 9.78 Å². The van der Waals surface area contributed by atoms with E-state index in [4.69, 9.17) is 5.11 Å². The molecule has 0 aliphatic carbocycles. The second kappa shape index (κ2) is 3.38. The average Bonchev–Trinajstić information content (AvgIpc) is 1.81. The molecular weight excluding hydrogens is 165 g/mol. The molecule has 0 bridgehead atoms. The van der Waals surface area contributed by atoms with Crippen molar-refractivity contribution in [2.45, 2.75) is 18.7 Å². The van der Waals surface area contributed by atoms with Crippen LogP contribution in [0.2, 0.25) is 0 Å². The highest BCUT2D eigenvalue weighted by Gasteiger charge is 2.50. The van der Waals surface area contributed by atoms with E-state index in [1.807, 2.05) is 0 Å². The summed E-state index contributed by atoms with van der Waals surface area (Å²) in [5, 5.41) is 8.65. The normalized spacial score (nSPS) is 18.0. The zero-order chi connectivity index (χ0) is 9.12. The van der Waals surface area contributed by atoms with Gasteiger partial charge in [0.15, 0.2) is 5.60 Å². The quantitative estimate of drug-likeness (QED) is 0.509. The number of alkyl halides is 3. The van der Waals surface area contributed by atoms with Gasteiger partial charge in [-0.15, -0.1) is 0 Å². The van der Waals surface area contributed by atoms with E-state index in [0.717, 1.165) is 7.11 Å². The monoisotopic (exact) mass is 174 g/mol. The first-order valence-electron chi connectivity index (χ1n) is 2.76. The standard InChI is InChI=1S/C5H9F3O3/c1-4(9,3-11-10-2)5(6,7)8/h9H,3H2,1-2H3. The summed E-state index contributed by atoms with van der Waals surface area (Å²) in [4.78, 5) is 7.87. The van der Waals surface area contributed by atoms with E-state index in [0.29, 0.717) is 6.92 Å². The molecule has 1 atom stereocenters. The molecule has 0 aromatic rings. The molecule has 0 aromatic heterocycles. The Hall–Kier alpha value is -0.330. The van der Waals surface area contributed by atoms with E-state index in [2.05, 4.69) is 9.78 Å². The van der Waals surface area contributed by atoms with Gasteiger partial charge in [-0.2, -0.15) is 13.2 Å². The zero-order valence-electron chi connectivity index (χ0n) is 6.10. The number of hydrogen-bond donors (Lipinski definition) is 1. The van der Waals surface area contributed by atoms with Gasteiger partial charge >= 0.3 is 6.18 Å². The third-order valence-corrected chi connectivity index (χ3v) is 1.07. The molecule has 6 heteroatoms. The lowest BCUT2D eigenvalue weighted by Crippen LogP contribution is -2.46. The van der Waals surface area contributed by atoms with Crippen LogP contribution in [0.3, 0.4) is 0 Å². The topological polar surface area (TPSA) is 38.7 Å². The molecule has 0 heterocycles. The van der Waals surface area contributed by atoms with E-state index in [1.54, 1.807) is 0 Å². The van der Waals surface area contributed by atoms with Crippen LogP contribution in [0.4, 0.5) is 13.2 Å². The van der Waals surface area contributed by atoms with Gasteiger partial charge in [0, 0.05) is 0 Å². The van der Waals surface area contributed by atoms with E-state index >= 15 is 0 Å². The Bertz CT molecular complexity index is 121. The summed E-state index contributed by atoms with van der Waals surface area (Å²) < 4.78 is 35.3. The Labute approximate surface area is 61.6 Å². The largest absolute Gasteiger partial charge is 0.419 e. The maximum absolute atomic E-state index is 11.8. The highest BCUT2D eigenvalue weighted by molar-refractivity contribution is 4.80. The van der Waals surface area contributed by atoms with Crippen molar-refractivity contribution in [3.8, 4) is 0 Å². The molecule has 0 saturated carbocycles. The minimum absolute atomic E-state index is 0.603. The molecule has 0 aliphatic rings. The van der Waals surface area contributed by atoms with Gasteiger partial charge < -0.3 is 5.11 Å². The van der Waals surface area contributed by atoms with Crippen molar-refractivity contribution in [3.63, 3.8) is 0 Å². The molecule has 1 N–H and O–H groups in total. The lowest BCUT2D eigenvalue weighted by Gasteiger charge is -2.24. The summed E-state index contributed by atoms with van der Waals surface area (Å²) in [6, 6.07) is 0. The molecule has 0 aliphatic heterocycles. The number of hydrogen-bond acceptors (Lipinski definition) is 3. The van der Waals surface area contributed by atoms with Crippen LogP contribution in [0.5, 0.6) is 0 Å². The van der Waals surface area contributed by atoms with E-state index in [9.17, 15) is 13.2 Å². The van der Waals surface area contributed by atoms with Crippen molar-refractivity contribution in [1.82, 2.24) is 0 Å². The van der Waals surface area contributed by atoms with Crippen molar-refractivity contribution >= 4 is 0 Å². The Morgan fingerprint density at radius 2 is 1.82 bits per heavy atom. The van der Waals surface area contributed by atoms with Gasteiger partial charge in [0.1, 0.15) is 6.61 Å². The molecular formula is C5H9F3O3. The van der Waals surface area contributed by atoms with E-state index in [1.165, 1.54) is 0 Å². The van der Waals surface area contributed by atoms with Crippen molar-refractivity contribution in [1.29, 1.82) is 0 Å². The molecule has 0 radical (unpaired) electrons. The molecule has 68 valence electrons. The fourth-order valence-electron chi connectivity index (χ4n) is 0.255. The summed E-state index contributed by atoms with van der Waals surface area (Å²) in [5.41, 5.74) is -2.86. The van der Waals surface area contributed by atoms with Crippen LogP contribution in [0.25, 0.3) is 0 Å². The Morgan fingerprint density at radius 3 is 2.09 bits per heavy atom. The highest BCUT2D eigenvalue weighted by Crippen LogP contribution is 2.29. The minimum atomic E-state index is -4.70. The maximum Gasteiger partial charge on any atom is 0.419 e. The predicted octanol–water partition coefficient (Wildman–Crippen LogP) is 0.878. The smallest absolute Gasteiger partial charge is 0.379 e. The maximum atomic E-state index is 11.8. The lowest BCUT2D eigenvalue weighted by molar-refractivity contribution is -0.339. The summed E-state index contributed by atoms with van der Waals surface area (Å²) in [5.74, 6) is 0. The van der Waals surface area contributed by atoms with Crippen molar-refractivity contribution in [3.05, 3.63) is 0 Å². The third kappa shape index (κ3) is 3.04. The van der Waals surface area contributed by atoms with Gasteiger partial charge in [-0.05, 0) is 6.92 Å². The Kier molecular flexibility index (Phi) is 3.28. The van der Waals surface area contributed by atoms with Crippen LogP contribution in [0, 0.1) is 0 Å². The summed E-state index contributed by atoms with van der Waals surface area (Å²) >= 11 is 0. The predicted molar refractivity (Wildman–Crippen MR) is 29.6 cm³/mol. The van der Waals surface area contributed by atoms with Gasteiger partial charge in [0.25, 0.3) is 0 Å². The van der Waals surface area contributed by atoms with Gasteiger partial charge in [-0.1, -0.05) is 0 Å². The van der Waals surface area contributed by atoms with Crippen LogP contribution in [-0.2, 0) is 9.78 Å². The van der Waals surface area contributed by atoms with Crippen molar-refractivity contribution in [2.24, 2.45) is 0 Å². The van der Waals surface area contributed by atoms with Crippen LogP contribution >= 0.6 is 0 Å². The molecule has 0 fully saturated rings. The first-order chi connectivity index (χ1) is 4.81. The molecule has 0 saturated heterocycles. The Balaban J connectivity index is 4.00. The molecule has 11 heavy (non-hydrogen) atoms. The summed E-state index contributed by atoms with van der Waals surface area (Å²) in [6.45, 7) is -0.334. The van der Waals surface area contributed by atoms with E-state index in [-0.39, 0.29) is 0 Å². The van der Waals surface area contributed by atoms with Crippen LogP contribution in [-0.4, -0.2) is 30.6 Å². The lowest BCUT2D eigenvalue weighted by atomic mass is 10.1. The first kappa shape index (κ1) is 10.7. The molecule has 0 spiro atoms. The number of halogens is 3. The van der Waals surface area contributed by atoms with E-state index < -0.39 is 18.4 Å².